The van der Waals surface area contributed by atoms with Crippen molar-refractivity contribution in [1.82, 2.24) is 0 Å². The van der Waals surface area contributed by atoms with Gasteiger partial charge in [0, 0.05) is 49.5 Å². The molecular weight excluding hydrogens is 620 g/mol. The van der Waals surface area contributed by atoms with E-state index in [2.05, 4.69) is 122 Å². The Morgan fingerprint density at radius 3 is 1.00 bits per heavy atom. The maximum absolute atomic E-state index is 10.8. The van der Waals surface area contributed by atoms with Crippen LogP contribution < -0.4 is 10.6 Å². The zero-order valence-electron chi connectivity index (χ0n) is 29.3. The summed E-state index contributed by atoms with van der Waals surface area (Å²) in [6.45, 7) is 25.5. The third-order valence-corrected chi connectivity index (χ3v) is 8.18. The molecule has 4 aromatic carbocycles. The second-order valence-corrected chi connectivity index (χ2v) is 16.9. The summed E-state index contributed by atoms with van der Waals surface area (Å²) in [6.07, 6.45) is 0. The maximum atomic E-state index is 10.8. The van der Waals surface area contributed by atoms with E-state index < -0.39 is 0 Å². The van der Waals surface area contributed by atoms with Crippen LogP contribution in [0.25, 0.3) is 0 Å². The molecular formula is C40H53BrN2O2. The minimum atomic E-state index is -0.124. The van der Waals surface area contributed by atoms with Crippen molar-refractivity contribution < 1.29 is 10.2 Å². The van der Waals surface area contributed by atoms with E-state index in [0.717, 1.165) is 49.5 Å². The van der Waals surface area contributed by atoms with Gasteiger partial charge in [-0.05, 0) is 82.3 Å². The smallest absolute Gasteiger partial charge is 0.123 e. The zero-order valence-corrected chi connectivity index (χ0v) is 30.9. The number of hydrogen-bond donors (Lipinski definition) is 4. The van der Waals surface area contributed by atoms with Gasteiger partial charge in [-0.1, -0.05) is 117 Å². The average Bonchev–Trinajstić information content (AvgIpc) is 2.90. The number of phenols is 2. The number of benzene rings is 4. The molecule has 4 aromatic rings. The van der Waals surface area contributed by atoms with Gasteiger partial charge in [0.15, 0.2) is 0 Å². The predicted octanol–water partition coefficient (Wildman–Crippen LogP) is 12.2. The molecule has 0 atom stereocenters. The molecule has 0 aliphatic carbocycles. The minimum Gasteiger partial charge on any atom is -0.507 e. The van der Waals surface area contributed by atoms with Gasteiger partial charge in [-0.3, -0.25) is 0 Å². The summed E-state index contributed by atoms with van der Waals surface area (Å²) in [5, 5.41) is 28.4. The van der Waals surface area contributed by atoms with Crippen molar-refractivity contribution in [2.24, 2.45) is 0 Å². The molecule has 0 heterocycles. The first-order chi connectivity index (χ1) is 20.6. The van der Waals surface area contributed by atoms with Crippen molar-refractivity contribution in [3.63, 3.8) is 0 Å². The SMILES string of the molecule is CC(C)(C)c1cc(Nc2ccc(Br)cc2)cc(C(C)(C)C)c1O.CC(C)(C)c1cc(Nc2ccccc2)cc(C(C)(C)C)c1O. The van der Waals surface area contributed by atoms with Crippen molar-refractivity contribution in [3.05, 3.63) is 106 Å². The first-order valence-corrected chi connectivity index (χ1v) is 16.5. The molecule has 0 radical (unpaired) electrons. The lowest BCUT2D eigenvalue weighted by Crippen LogP contribution is -2.17. The summed E-state index contributed by atoms with van der Waals surface area (Å²) < 4.78 is 1.06. The molecule has 242 valence electrons. The Morgan fingerprint density at radius 2 is 0.711 bits per heavy atom. The maximum Gasteiger partial charge on any atom is 0.123 e. The largest absolute Gasteiger partial charge is 0.507 e. The van der Waals surface area contributed by atoms with Crippen LogP contribution in [0.4, 0.5) is 22.7 Å². The summed E-state index contributed by atoms with van der Waals surface area (Å²) in [6, 6.07) is 26.4. The number of rotatable bonds is 4. The summed E-state index contributed by atoms with van der Waals surface area (Å²) >= 11 is 3.45. The van der Waals surface area contributed by atoms with Crippen LogP contribution in [0.2, 0.25) is 0 Å². The fourth-order valence-corrected chi connectivity index (χ4v) is 5.35. The number of aromatic hydroxyl groups is 2. The van der Waals surface area contributed by atoms with Gasteiger partial charge in [0.05, 0.1) is 0 Å². The van der Waals surface area contributed by atoms with Crippen LogP contribution in [0, 0.1) is 0 Å². The molecule has 0 spiro atoms. The van der Waals surface area contributed by atoms with Gasteiger partial charge in [0.2, 0.25) is 0 Å². The minimum absolute atomic E-state index is 0.113. The second kappa shape index (κ2) is 13.5. The molecule has 0 aliphatic rings. The van der Waals surface area contributed by atoms with Crippen molar-refractivity contribution in [2.75, 3.05) is 10.6 Å². The van der Waals surface area contributed by atoms with E-state index in [-0.39, 0.29) is 21.7 Å². The van der Waals surface area contributed by atoms with E-state index in [1.54, 1.807) is 0 Å². The molecule has 0 amide bonds. The van der Waals surface area contributed by atoms with Crippen LogP contribution in [-0.2, 0) is 21.7 Å². The van der Waals surface area contributed by atoms with E-state index >= 15 is 0 Å². The molecule has 0 aliphatic heterocycles. The van der Waals surface area contributed by atoms with Crippen LogP contribution in [0.15, 0.2) is 83.3 Å². The van der Waals surface area contributed by atoms with Crippen molar-refractivity contribution in [3.8, 4) is 11.5 Å². The lowest BCUT2D eigenvalue weighted by molar-refractivity contribution is 0.422. The third kappa shape index (κ3) is 9.77. The van der Waals surface area contributed by atoms with Gasteiger partial charge >= 0.3 is 0 Å². The summed E-state index contributed by atoms with van der Waals surface area (Å²) in [7, 11) is 0. The monoisotopic (exact) mass is 672 g/mol. The Labute approximate surface area is 280 Å². The Balaban J connectivity index is 0.000000246. The first-order valence-electron chi connectivity index (χ1n) is 15.7. The Hall–Kier alpha value is -3.44. The Kier molecular flexibility index (Phi) is 10.8. The van der Waals surface area contributed by atoms with Crippen LogP contribution in [0.1, 0.15) is 105 Å². The van der Waals surface area contributed by atoms with Gasteiger partial charge in [-0.15, -0.1) is 0 Å². The van der Waals surface area contributed by atoms with E-state index in [1.165, 1.54) is 0 Å². The molecule has 4 nitrogen and oxygen atoms in total. The van der Waals surface area contributed by atoms with Gasteiger partial charge in [-0.25, -0.2) is 0 Å². The van der Waals surface area contributed by atoms with E-state index in [1.807, 2.05) is 66.7 Å². The molecule has 0 saturated heterocycles. The van der Waals surface area contributed by atoms with E-state index in [9.17, 15) is 10.2 Å². The molecule has 0 saturated carbocycles. The number of anilines is 4. The van der Waals surface area contributed by atoms with Gasteiger partial charge in [0.25, 0.3) is 0 Å². The van der Waals surface area contributed by atoms with Crippen LogP contribution >= 0.6 is 15.9 Å². The van der Waals surface area contributed by atoms with Crippen LogP contribution in [0.5, 0.6) is 11.5 Å². The fourth-order valence-electron chi connectivity index (χ4n) is 5.09. The van der Waals surface area contributed by atoms with Crippen molar-refractivity contribution >= 4 is 38.7 Å². The molecule has 5 heteroatoms. The van der Waals surface area contributed by atoms with Crippen LogP contribution in [0.3, 0.4) is 0 Å². The van der Waals surface area contributed by atoms with E-state index in [4.69, 9.17) is 0 Å². The standard InChI is InChI=1S/C20H26BrNO.C20H27NO/c1-19(2,3)16-11-15(12-17(18(16)23)20(4,5)6)22-14-9-7-13(21)8-10-14;1-19(2,3)16-12-15(21-14-10-8-7-9-11-14)13-17(18(16)22)20(4,5)6/h7-12,22-23H,1-6H3;7-13,21-22H,1-6H3. The molecule has 0 aromatic heterocycles. The summed E-state index contributed by atoms with van der Waals surface area (Å²) in [5.41, 5.74) is 7.48. The fraction of sp³-hybridized carbons (Fsp3) is 0.400. The number of para-hydroxylation sites is 1. The lowest BCUT2D eigenvalue weighted by Gasteiger charge is -2.28. The topological polar surface area (TPSA) is 64.5 Å². The third-order valence-electron chi connectivity index (χ3n) is 7.65. The lowest BCUT2D eigenvalue weighted by atomic mass is 9.79. The van der Waals surface area contributed by atoms with E-state index in [0.29, 0.717) is 11.5 Å². The molecule has 0 fully saturated rings. The normalized spacial score (nSPS) is 12.3. The molecule has 0 bridgehead atoms. The van der Waals surface area contributed by atoms with Crippen LogP contribution in [-0.4, -0.2) is 10.2 Å². The predicted molar refractivity (Wildman–Crippen MR) is 198 cm³/mol. The van der Waals surface area contributed by atoms with Gasteiger partial charge in [0.1, 0.15) is 11.5 Å². The van der Waals surface area contributed by atoms with Crippen molar-refractivity contribution in [1.29, 1.82) is 0 Å². The zero-order chi connectivity index (χ0) is 34.0. The quantitative estimate of drug-likeness (QED) is 0.163. The molecule has 45 heavy (non-hydrogen) atoms. The number of halogens is 1. The highest BCUT2D eigenvalue weighted by Crippen LogP contribution is 2.43. The first kappa shape index (κ1) is 36.0. The summed E-state index contributed by atoms with van der Waals surface area (Å²) in [5.74, 6) is 0.824. The summed E-state index contributed by atoms with van der Waals surface area (Å²) in [4.78, 5) is 0. The average molecular weight is 674 g/mol. The highest BCUT2D eigenvalue weighted by atomic mass is 79.9. The Morgan fingerprint density at radius 1 is 0.422 bits per heavy atom. The number of hydrogen-bond acceptors (Lipinski definition) is 4. The number of phenolic OH excluding ortho intramolecular Hbond substituents is 2. The van der Waals surface area contributed by atoms with Crippen molar-refractivity contribution in [2.45, 2.75) is 105 Å². The molecule has 4 N–H and O–H groups in total. The molecule has 0 unspecified atom stereocenters. The van der Waals surface area contributed by atoms with Gasteiger partial charge < -0.3 is 20.8 Å². The number of nitrogens with one attached hydrogen (secondary N) is 2. The highest BCUT2D eigenvalue weighted by Gasteiger charge is 2.28. The van der Waals surface area contributed by atoms with Gasteiger partial charge in [-0.2, -0.15) is 0 Å². The molecule has 4 rings (SSSR count). The Bertz CT molecular complexity index is 1510. The highest BCUT2D eigenvalue weighted by molar-refractivity contribution is 9.10. The second-order valence-electron chi connectivity index (χ2n) is 16.0.